The minimum Gasteiger partial charge on any atom is -0.410 e. The maximum atomic E-state index is 11.6. The molecule has 0 heterocycles. The SMILES string of the molecule is O=C(CCCCCNC(=O)Oc1ccccc1)NCCCCCCO. The normalized spacial score (nSPS) is 10.3. The fourth-order valence-corrected chi connectivity index (χ4v) is 2.32. The number of carbonyl (C=O) groups is 2. The van der Waals surface area contributed by atoms with Crippen LogP contribution in [0.15, 0.2) is 30.3 Å². The fourth-order valence-electron chi connectivity index (χ4n) is 2.32. The van der Waals surface area contributed by atoms with E-state index < -0.39 is 6.09 Å². The van der Waals surface area contributed by atoms with Crippen molar-refractivity contribution in [2.24, 2.45) is 0 Å². The molecule has 0 aromatic heterocycles. The highest BCUT2D eigenvalue weighted by Crippen LogP contribution is 2.08. The second kappa shape index (κ2) is 14.3. The number of ether oxygens (including phenoxy) is 1. The average molecular weight is 350 g/mol. The first-order valence-corrected chi connectivity index (χ1v) is 9.10. The van der Waals surface area contributed by atoms with E-state index in [1.54, 1.807) is 12.1 Å². The second-order valence-corrected chi connectivity index (χ2v) is 5.93. The van der Waals surface area contributed by atoms with Gasteiger partial charge in [-0.15, -0.1) is 0 Å². The number of aliphatic hydroxyl groups is 1. The number of para-hydroxylation sites is 1. The molecule has 1 rings (SSSR count). The van der Waals surface area contributed by atoms with Crippen molar-refractivity contribution in [1.29, 1.82) is 0 Å². The first-order chi connectivity index (χ1) is 12.2. The van der Waals surface area contributed by atoms with Crippen LogP contribution in [0.25, 0.3) is 0 Å². The number of benzene rings is 1. The summed E-state index contributed by atoms with van der Waals surface area (Å²) in [5.41, 5.74) is 0. The summed E-state index contributed by atoms with van der Waals surface area (Å²) in [4.78, 5) is 23.2. The molecule has 0 unspecified atom stereocenters. The molecule has 0 aliphatic heterocycles. The maximum Gasteiger partial charge on any atom is 0.412 e. The van der Waals surface area contributed by atoms with Crippen LogP contribution in [0.5, 0.6) is 5.75 Å². The number of hydrogen-bond acceptors (Lipinski definition) is 4. The molecule has 6 heteroatoms. The summed E-state index contributed by atoms with van der Waals surface area (Å²) in [5.74, 6) is 0.603. The molecule has 0 spiro atoms. The van der Waals surface area contributed by atoms with E-state index in [0.717, 1.165) is 44.9 Å². The molecule has 6 nitrogen and oxygen atoms in total. The summed E-state index contributed by atoms with van der Waals surface area (Å²) < 4.78 is 5.11. The van der Waals surface area contributed by atoms with Gasteiger partial charge in [0.1, 0.15) is 5.75 Å². The van der Waals surface area contributed by atoms with Crippen molar-refractivity contribution in [3.63, 3.8) is 0 Å². The van der Waals surface area contributed by atoms with Gasteiger partial charge in [-0.2, -0.15) is 0 Å². The second-order valence-electron chi connectivity index (χ2n) is 5.93. The van der Waals surface area contributed by atoms with Crippen LogP contribution in [0.4, 0.5) is 4.79 Å². The van der Waals surface area contributed by atoms with E-state index in [9.17, 15) is 9.59 Å². The monoisotopic (exact) mass is 350 g/mol. The molecule has 1 aromatic carbocycles. The van der Waals surface area contributed by atoms with Crippen molar-refractivity contribution < 1.29 is 19.4 Å². The van der Waals surface area contributed by atoms with Gasteiger partial charge in [0.25, 0.3) is 0 Å². The highest BCUT2D eigenvalue weighted by Gasteiger charge is 2.03. The molecule has 0 atom stereocenters. The summed E-state index contributed by atoms with van der Waals surface area (Å²) in [7, 11) is 0. The van der Waals surface area contributed by atoms with Crippen LogP contribution in [0, 0.1) is 0 Å². The quantitative estimate of drug-likeness (QED) is 0.477. The van der Waals surface area contributed by atoms with E-state index in [1.165, 1.54) is 0 Å². The highest BCUT2D eigenvalue weighted by molar-refractivity contribution is 5.75. The van der Waals surface area contributed by atoms with Crippen LogP contribution in [0.3, 0.4) is 0 Å². The molecule has 0 aliphatic carbocycles. The Morgan fingerprint density at radius 2 is 1.48 bits per heavy atom. The van der Waals surface area contributed by atoms with Gasteiger partial charge < -0.3 is 20.5 Å². The number of aliphatic hydroxyl groups excluding tert-OH is 1. The summed E-state index contributed by atoms with van der Waals surface area (Å²) in [6.45, 7) is 1.49. The Balaban J connectivity index is 1.90. The third kappa shape index (κ3) is 12.0. The Labute approximate surface area is 150 Å². The number of nitrogens with one attached hydrogen (secondary N) is 2. The van der Waals surface area contributed by atoms with Crippen molar-refractivity contribution in [3.05, 3.63) is 30.3 Å². The van der Waals surface area contributed by atoms with Crippen molar-refractivity contribution in [3.8, 4) is 5.75 Å². The van der Waals surface area contributed by atoms with Crippen molar-refractivity contribution in [2.45, 2.75) is 51.4 Å². The first-order valence-electron chi connectivity index (χ1n) is 9.10. The summed E-state index contributed by atoms with van der Waals surface area (Å²) >= 11 is 0. The molecule has 0 saturated heterocycles. The third-order valence-corrected chi connectivity index (χ3v) is 3.71. The number of hydrogen-bond donors (Lipinski definition) is 3. The lowest BCUT2D eigenvalue weighted by molar-refractivity contribution is -0.121. The molecule has 0 fully saturated rings. The molecule has 3 N–H and O–H groups in total. The molecule has 2 amide bonds. The standard InChI is InChI=1S/C19H30N2O4/c22-16-10-2-1-8-14-20-18(23)13-7-4-9-15-21-19(24)25-17-11-5-3-6-12-17/h3,5-6,11-12,22H,1-2,4,7-10,13-16H2,(H,20,23)(H,21,24). The fraction of sp³-hybridized carbons (Fsp3) is 0.579. The smallest absolute Gasteiger partial charge is 0.410 e. The predicted molar refractivity (Wildman–Crippen MR) is 97.5 cm³/mol. The van der Waals surface area contributed by atoms with Crippen LogP contribution in [0.1, 0.15) is 51.4 Å². The highest BCUT2D eigenvalue weighted by atomic mass is 16.6. The van der Waals surface area contributed by atoms with E-state index in [4.69, 9.17) is 9.84 Å². The summed E-state index contributed by atoms with van der Waals surface area (Å²) in [6.07, 6.45) is 6.41. The largest absolute Gasteiger partial charge is 0.412 e. The van der Waals surface area contributed by atoms with Gasteiger partial charge in [0.2, 0.25) is 5.91 Å². The van der Waals surface area contributed by atoms with Gasteiger partial charge in [0, 0.05) is 26.1 Å². The van der Waals surface area contributed by atoms with E-state index in [2.05, 4.69) is 10.6 Å². The Morgan fingerprint density at radius 1 is 0.840 bits per heavy atom. The van der Waals surface area contributed by atoms with Crippen molar-refractivity contribution >= 4 is 12.0 Å². The van der Waals surface area contributed by atoms with Crippen molar-refractivity contribution in [2.75, 3.05) is 19.7 Å². The molecule has 0 aliphatic rings. The van der Waals surface area contributed by atoms with Crippen LogP contribution in [0.2, 0.25) is 0 Å². The van der Waals surface area contributed by atoms with Crippen LogP contribution < -0.4 is 15.4 Å². The number of carbonyl (C=O) groups excluding carboxylic acids is 2. The predicted octanol–water partition coefficient (Wildman–Crippen LogP) is 3.00. The molecule has 25 heavy (non-hydrogen) atoms. The van der Waals surface area contributed by atoms with Gasteiger partial charge >= 0.3 is 6.09 Å². The minimum atomic E-state index is -0.454. The Bertz CT molecular complexity index is 480. The summed E-state index contributed by atoms with van der Waals surface area (Å²) in [5, 5.41) is 14.3. The number of unbranched alkanes of at least 4 members (excludes halogenated alkanes) is 5. The lowest BCUT2D eigenvalue weighted by atomic mass is 10.1. The Hall–Kier alpha value is -2.08. The molecule has 1 aromatic rings. The first kappa shape index (κ1) is 21.0. The van der Waals surface area contributed by atoms with E-state index in [-0.39, 0.29) is 12.5 Å². The molecule has 0 radical (unpaired) electrons. The van der Waals surface area contributed by atoms with Crippen molar-refractivity contribution in [1.82, 2.24) is 10.6 Å². The van der Waals surface area contributed by atoms with Gasteiger partial charge in [-0.05, 0) is 37.8 Å². The lowest BCUT2D eigenvalue weighted by Crippen LogP contribution is -2.27. The minimum absolute atomic E-state index is 0.0820. The van der Waals surface area contributed by atoms with E-state index >= 15 is 0 Å². The lowest BCUT2D eigenvalue weighted by Gasteiger charge is -2.07. The average Bonchev–Trinajstić information content (AvgIpc) is 2.62. The molecular weight excluding hydrogens is 320 g/mol. The van der Waals surface area contributed by atoms with Gasteiger partial charge in [0.15, 0.2) is 0 Å². The van der Waals surface area contributed by atoms with Crippen LogP contribution in [-0.2, 0) is 4.79 Å². The zero-order valence-electron chi connectivity index (χ0n) is 14.8. The Morgan fingerprint density at radius 3 is 2.20 bits per heavy atom. The molecule has 0 bridgehead atoms. The molecule has 0 saturated carbocycles. The third-order valence-electron chi connectivity index (χ3n) is 3.71. The zero-order chi connectivity index (χ0) is 18.2. The summed E-state index contributed by atoms with van der Waals surface area (Å²) in [6, 6.07) is 8.93. The van der Waals surface area contributed by atoms with Gasteiger partial charge in [-0.1, -0.05) is 37.5 Å². The zero-order valence-corrected chi connectivity index (χ0v) is 14.8. The maximum absolute atomic E-state index is 11.6. The molecular formula is C19H30N2O4. The number of amides is 2. The van der Waals surface area contributed by atoms with Crippen LogP contribution >= 0.6 is 0 Å². The van der Waals surface area contributed by atoms with Gasteiger partial charge in [0.05, 0.1) is 0 Å². The van der Waals surface area contributed by atoms with E-state index in [1.807, 2.05) is 18.2 Å². The van der Waals surface area contributed by atoms with Crippen LogP contribution in [-0.4, -0.2) is 36.8 Å². The number of rotatable bonds is 13. The topological polar surface area (TPSA) is 87.7 Å². The van der Waals surface area contributed by atoms with E-state index in [0.29, 0.717) is 25.3 Å². The van der Waals surface area contributed by atoms with Gasteiger partial charge in [-0.3, -0.25) is 4.79 Å². The Kier molecular flexibility index (Phi) is 12.0. The molecule has 140 valence electrons. The van der Waals surface area contributed by atoms with Gasteiger partial charge in [-0.25, -0.2) is 4.79 Å².